The van der Waals surface area contributed by atoms with E-state index in [0.717, 1.165) is 26.8 Å². The molecule has 2 amide bonds. The number of urea groups is 1. The van der Waals surface area contributed by atoms with Crippen LogP contribution in [0.4, 0.5) is 4.79 Å². The van der Waals surface area contributed by atoms with E-state index in [2.05, 4.69) is 10.6 Å². The van der Waals surface area contributed by atoms with E-state index in [4.69, 9.17) is 16.3 Å². The van der Waals surface area contributed by atoms with E-state index in [1.165, 1.54) is 0 Å². The number of benzene rings is 2. The van der Waals surface area contributed by atoms with Gasteiger partial charge in [0.1, 0.15) is 0 Å². The van der Waals surface area contributed by atoms with Crippen LogP contribution in [0.25, 0.3) is 0 Å². The monoisotopic (exact) mass is 378 g/mol. The molecule has 0 heterocycles. The number of ether oxygens (including phenoxy) is 1. The van der Waals surface area contributed by atoms with Crippen LogP contribution in [0.1, 0.15) is 18.1 Å². The molecule has 0 spiro atoms. The minimum Gasteiger partial charge on any atom is -0.377 e. The molecule has 0 aliphatic carbocycles. The highest BCUT2D eigenvalue weighted by atomic mass is 35.5. The van der Waals surface area contributed by atoms with Crippen molar-refractivity contribution >= 4 is 29.4 Å². The lowest BCUT2D eigenvalue weighted by atomic mass is 10.1. The van der Waals surface area contributed by atoms with Gasteiger partial charge in [0.15, 0.2) is 0 Å². The predicted octanol–water partition coefficient (Wildman–Crippen LogP) is 4.47. The van der Waals surface area contributed by atoms with Crippen LogP contribution in [0.3, 0.4) is 0 Å². The molecular weight excluding hydrogens is 356 g/mol. The van der Waals surface area contributed by atoms with Crippen LogP contribution < -0.4 is 10.6 Å². The first-order valence-corrected chi connectivity index (χ1v) is 9.60. The molecule has 0 aliphatic rings. The second kappa shape index (κ2) is 11.0. The summed E-state index contributed by atoms with van der Waals surface area (Å²) in [6.07, 6.45) is 0. The summed E-state index contributed by atoms with van der Waals surface area (Å²) in [6, 6.07) is 15.5. The van der Waals surface area contributed by atoms with Gasteiger partial charge in [-0.05, 0) is 42.3 Å². The molecule has 2 rings (SSSR count). The summed E-state index contributed by atoms with van der Waals surface area (Å²) in [7, 11) is 0. The number of halogens is 1. The predicted molar refractivity (Wildman–Crippen MR) is 104 cm³/mol. The lowest BCUT2D eigenvalue weighted by Gasteiger charge is -2.11. The van der Waals surface area contributed by atoms with Crippen molar-refractivity contribution < 1.29 is 9.53 Å². The van der Waals surface area contributed by atoms with Crippen molar-refractivity contribution in [1.29, 1.82) is 0 Å². The standard InChI is InChI=1S/C19H23ClN2O2S/c1-2-24-14-16-6-4-3-5-15(16)13-22-19(23)21-11-12-25-18-9-7-17(20)8-10-18/h3-10H,2,11-14H2,1H3,(H2,21,22,23). The Labute approximate surface area is 158 Å². The van der Waals surface area contributed by atoms with Crippen LogP contribution >= 0.6 is 23.4 Å². The minimum atomic E-state index is -0.164. The molecule has 0 bridgehead atoms. The zero-order valence-electron chi connectivity index (χ0n) is 14.3. The van der Waals surface area contributed by atoms with Crippen molar-refractivity contribution in [3.05, 3.63) is 64.7 Å². The second-order valence-corrected chi connectivity index (χ2v) is 6.92. The van der Waals surface area contributed by atoms with Crippen LogP contribution in [0.5, 0.6) is 0 Å². The Morgan fingerprint density at radius 1 is 1.08 bits per heavy atom. The summed E-state index contributed by atoms with van der Waals surface area (Å²) in [5, 5.41) is 6.49. The smallest absolute Gasteiger partial charge is 0.315 e. The molecule has 25 heavy (non-hydrogen) atoms. The molecular formula is C19H23ClN2O2S. The molecule has 6 heteroatoms. The van der Waals surface area contributed by atoms with E-state index < -0.39 is 0 Å². The average molecular weight is 379 g/mol. The molecule has 0 aliphatic heterocycles. The van der Waals surface area contributed by atoms with Gasteiger partial charge in [-0.1, -0.05) is 35.9 Å². The molecule has 2 N–H and O–H groups in total. The number of carbonyl (C=O) groups excluding carboxylic acids is 1. The number of amides is 2. The molecule has 0 saturated carbocycles. The fraction of sp³-hybridized carbons (Fsp3) is 0.316. The first-order chi connectivity index (χ1) is 12.2. The number of rotatable bonds is 9. The number of carbonyl (C=O) groups is 1. The Kier molecular flexibility index (Phi) is 8.66. The summed E-state index contributed by atoms with van der Waals surface area (Å²) >= 11 is 7.54. The van der Waals surface area contributed by atoms with Gasteiger partial charge in [-0.2, -0.15) is 0 Å². The van der Waals surface area contributed by atoms with Crippen molar-refractivity contribution in [2.24, 2.45) is 0 Å². The van der Waals surface area contributed by atoms with Crippen molar-refractivity contribution in [3.63, 3.8) is 0 Å². The Bertz CT molecular complexity index is 665. The number of nitrogens with one attached hydrogen (secondary N) is 2. The SMILES string of the molecule is CCOCc1ccccc1CNC(=O)NCCSc1ccc(Cl)cc1. The molecule has 0 radical (unpaired) electrons. The number of hydrogen-bond acceptors (Lipinski definition) is 3. The first-order valence-electron chi connectivity index (χ1n) is 8.23. The molecule has 2 aromatic rings. The Morgan fingerprint density at radius 3 is 2.52 bits per heavy atom. The summed E-state index contributed by atoms with van der Waals surface area (Å²) < 4.78 is 5.46. The largest absolute Gasteiger partial charge is 0.377 e. The highest BCUT2D eigenvalue weighted by molar-refractivity contribution is 7.99. The first kappa shape index (κ1) is 19.6. The molecule has 2 aromatic carbocycles. The fourth-order valence-electron chi connectivity index (χ4n) is 2.19. The molecule has 0 atom stereocenters. The topological polar surface area (TPSA) is 50.4 Å². The third kappa shape index (κ3) is 7.38. The van der Waals surface area contributed by atoms with Gasteiger partial charge in [0.25, 0.3) is 0 Å². The lowest BCUT2D eigenvalue weighted by molar-refractivity contribution is 0.133. The van der Waals surface area contributed by atoms with Gasteiger partial charge in [0.05, 0.1) is 6.61 Å². The van der Waals surface area contributed by atoms with Crippen LogP contribution in [0.15, 0.2) is 53.4 Å². The van der Waals surface area contributed by atoms with Crippen molar-refractivity contribution in [2.45, 2.75) is 25.0 Å². The normalized spacial score (nSPS) is 10.5. The number of thioether (sulfide) groups is 1. The van der Waals surface area contributed by atoms with E-state index in [0.29, 0.717) is 26.3 Å². The highest BCUT2D eigenvalue weighted by Gasteiger charge is 2.04. The fourth-order valence-corrected chi connectivity index (χ4v) is 3.08. The van der Waals surface area contributed by atoms with E-state index in [-0.39, 0.29) is 6.03 Å². The Hall–Kier alpha value is -1.69. The van der Waals surface area contributed by atoms with Crippen LogP contribution in [0.2, 0.25) is 5.02 Å². The summed E-state index contributed by atoms with van der Waals surface area (Å²) in [4.78, 5) is 13.1. The van der Waals surface area contributed by atoms with Crippen LogP contribution in [-0.2, 0) is 17.9 Å². The Morgan fingerprint density at radius 2 is 1.80 bits per heavy atom. The van der Waals surface area contributed by atoms with Gasteiger partial charge in [-0.25, -0.2) is 4.79 Å². The van der Waals surface area contributed by atoms with Gasteiger partial charge in [-0.3, -0.25) is 0 Å². The quantitative estimate of drug-likeness (QED) is 0.500. The van der Waals surface area contributed by atoms with E-state index in [1.807, 2.05) is 55.5 Å². The maximum atomic E-state index is 11.9. The van der Waals surface area contributed by atoms with Gasteiger partial charge >= 0.3 is 6.03 Å². The molecule has 0 fully saturated rings. The van der Waals surface area contributed by atoms with Gasteiger partial charge in [0.2, 0.25) is 0 Å². The number of hydrogen-bond donors (Lipinski definition) is 2. The van der Waals surface area contributed by atoms with Crippen molar-refractivity contribution in [2.75, 3.05) is 18.9 Å². The minimum absolute atomic E-state index is 0.164. The summed E-state index contributed by atoms with van der Waals surface area (Å²) in [6.45, 7) is 4.29. The van der Waals surface area contributed by atoms with E-state index >= 15 is 0 Å². The average Bonchev–Trinajstić information content (AvgIpc) is 2.64. The maximum Gasteiger partial charge on any atom is 0.315 e. The van der Waals surface area contributed by atoms with Crippen molar-refractivity contribution in [3.8, 4) is 0 Å². The summed E-state index contributed by atoms with van der Waals surface area (Å²) in [5.74, 6) is 0.802. The lowest BCUT2D eigenvalue weighted by Crippen LogP contribution is -2.36. The van der Waals surface area contributed by atoms with Gasteiger partial charge in [0, 0.05) is 35.4 Å². The van der Waals surface area contributed by atoms with E-state index in [9.17, 15) is 4.79 Å². The molecule has 0 unspecified atom stereocenters. The third-order valence-electron chi connectivity index (χ3n) is 3.49. The highest BCUT2D eigenvalue weighted by Crippen LogP contribution is 2.19. The molecule has 134 valence electrons. The maximum absolute atomic E-state index is 11.9. The van der Waals surface area contributed by atoms with Gasteiger partial charge < -0.3 is 15.4 Å². The molecule has 0 saturated heterocycles. The zero-order chi connectivity index (χ0) is 17.9. The second-order valence-electron chi connectivity index (χ2n) is 5.32. The van der Waals surface area contributed by atoms with Crippen LogP contribution in [-0.4, -0.2) is 24.9 Å². The van der Waals surface area contributed by atoms with Crippen molar-refractivity contribution in [1.82, 2.24) is 10.6 Å². The van der Waals surface area contributed by atoms with Gasteiger partial charge in [-0.15, -0.1) is 11.8 Å². The summed E-state index contributed by atoms with van der Waals surface area (Å²) in [5.41, 5.74) is 2.17. The Balaban J connectivity index is 1.68. The zero-order valence-corrected chi connectivity index (χ0v) is 15.8. The third-order valence-corrected chi connectivity index (χ3v) is 4.76. The molecule has 4 nitrogen and oxygen atoms in total. The van der Waals surface area contributed by atoms with Crippen LogP contribution in [0, 0.1) is 0 Å². The molecule has 0 aromatic heterocycles. The van der Waals surface area contributed by atoms with E-state index in [1.54, 1.807) is 11.8 Å².